The predicted molar refractivity (Wildman–Crippen MR) is 60.8 cm³/mol. The summed E-state index contributed by atoms with van der Waals surface area (Å²) in [6.45, 7) is 3.88. The van der Waals surface area contributed by atoms with Crippen LogP contribution in [-0.2, 0) is 10.3 Å². The van der Waals surface area contributed by atoms with Gasteiger partial charge in [0.1, 0.15) is 11.4 Å². The first-order valence-corrected chi connectivity index (χ1v) is 5.02. The Labute approximate surface area is 93.9 Å². The maximum Gasteiger partial charge on any atom is 0.139 e. The van der Waals surface area contributed by atoms with Crippen LogP contribution in [0.3, 0.4) is 0 Å². The lowest BCUT2D eigenvalue weighted by Crippen LogP contribution is -2.21. The number of H-pyrrole nitrogens is 1. The van der Waals surface area contributed by atoms with Gasteiger partial charge in [0.25, 0.3) is 0 Å². The SMILES string of the molecule is COC(C)(C)c1nc2ccc(C#N)cc2[nH]1. The summed E-state index contributed by atoms with van der Waals surface area (Å²) in [6.07, 6.45) is 0. The van der Waals surface area contributed by atoms with Gasteiger partial charge in [0.05, 0.1) is 22.7 Å². The van der Waals surface area contributed by atoms with E-state index in [1.807, 2.05) is 19.9 Å². The van der Waals surface area contributed by atoms with Crippen molar-refractivity contribution in [3.8, 4) is 6.07 Å². The Morgan fingerprint density at radius 2 is 2.19 bits per heavy atom. The van der Waals surface area contributed by atoms with Crippen LogP contribution in [0.25, 0.3) is 11.0 Å². The number of methoxy groups -OCH3 is 1. The van der Waals surface area contributed by atoms with Gasteiger partial charge in [-0.1, -0.05) is 0 Å². The number of imidazole rings is 1. The molecule has 0 amide bonds. The summed E-state index contributed by atoms with van der Waals surface area (Å²) in [5.41, 5.74) is 1.88. The first-order chi connectivity index (χ1) is 7.56. The van der Waals surface area contributed by atoms with Crippen LogP contribution in [0.5, 0.6) is 0 Å². The highest BCUT2D eigenvalue weighted by Gasteiger charge is 2.23. The molecule has 4 nitrogen and oxygen atoms in total. The number of nitrogens with one attached hydrogen (secondary N) is 1. The largest absolute Gasteiger partial charge is 0.371 e. The van der Waals surface area contributed by atoms with Gasteiger partial charge in [-0.3, -0.25) is 0 Å². The van der Waals surface area contributed by atoms with Gasteiger partial charge in [-0.15, -0.1) is 0 Å². The molecule has 0 atom stereocenters. The third-order valence-corrected chi connectivity index (χ3v) is 2.69. The summed E-state index contributed by atoms with van der Waals surface area (Å²) in [5, 5.41) is 8.80. The van der Waals surface area contributed by atoms with Crippen molar-refractivity contribution in [3.05, 3.63) is 29.6 Å². The molecule has 2 aromatic rings. The molecule has 0 saturated heterocycles. The van der Waals surface area contributed by atoms with Gasteiger partial charge in [-0.05, 0) is 32.0 Å². The van der Waals surface area contributed by atoms with Crippen LogP contribution < -0.4 is 0 Å². The van der Waals surface area contributed by atoms with Crippen molar-refractivity contribution in [2.45, 2.75) is 19.4 Å². The Bertz CT molecular complexity index is 563. The minimum Gasteiger partial charge on any atom is -0.371 e. The lowest BCUT2D eigenvalue weighted by atomic mass is 10.1. The molecule has 0 saturated carbocycles. The third-order valence-electron chi connectivity index (χ3n) is 2.69. The van der Waals surface area contributed by atoms with E-state index in [1.54, 1.807) is 19.2 Å². The van der Waals surface area contributed by atoms with Crippen LogP contribution in [0, 0.1) is 11.3 Å². The monoisotopic (exact) mass is 215 g/mol. The van der Waals surface area contributed by atoms with E-state index in [4.69, 9.17) is 10.00 Å². The van der Waals surface area contributed by atoms with E-state index in [1.165, 1.54) is 0 Å². The summed E-state index contributed by atoms with van der Waals surface area (Å²) < 4.78 is 5.35. The van der Waals surface area contributed by atoms with Crippen molar-refractivity contribution in [2.24, 2.45) is 0 Å². The zero-order chi connectivity index (χ0) is 11.8. The number of rotatable bonds is 2. The normalized spacial score (nSPS) is 11.6. The molecule has 0 fully saturated rings. The number of hydrogen-bond donors (Lipinski definition) is 1. The highest BCUT2D eigenvalue weighted by Crippen LogP contribution is 2.24. The quantitative estimate of drug-likeness (QED) is 0.836. The average Bonchev–Trinajstić information content (AvgIpc) is 2.72. The maximum absolute atomic E-state index is 8.80. The zero-order valence-electron chi connectivity index (χ0n) is 9.53. The summed E-state index contributed by atoms with van der Waals surface area (Å²) in [6, 6.07) is 7.48. The van der Waals surface area contributed by atoms with E-state index in [-0.39, 0.29) is 0 Å². The molecule has 82 valence electrons. The topological polar surface area (TPSA) is 61.7 Å². The van der Waals surface area contributed by atoms with Crippen LogP contribution in [0.15, 0.2) is 18.2 Å². The van der Waals surface area contributed by atoms with Gasteiger partial charge in [0.2, 0.25) is 0 Å². The fourth-order valence-corrected chi connectivity index (χ4v) is 1.46. The van der Waals surface area contributed by atoms with Crippen molar-refractivity contribution in [1.82, 2.24) is 9.97 Å². The number of nitrogens with zero attached hydrogens (tertiary/aromatic N) is 2. The molecule has 0 unspecified atom stereocenters. The molecule has 0 radical (unpaired) electrons. The Morgan fingerprint density at radius 1 is 1.44 bits per heavy atom. The predicted octanol–water partition coefficient (Wildman–Crippen LogP) is 2.32. The van der Waals surface area contributed by atoms with Crippen molar-refractivity contribution in [2.75, 3.05) is 7.11 Å². The number of aromatic amines is 1. The minimum absolute atomic E-state index is 0.453. The van der Waals surface area contributed by atoms with E-state index in [0.717, 1.165) is 16.9 Å². The van der Waals surface area contributed by atoms with Crippen molar-refractivity contribution in [3.63, 3.8) is 0 Å². The second-order valence-electron chi connectivity index (χ2n) is 4.14. The van der Waals surface area contributed by atoms with Gasteiger partial charge >= 0.3 is 0 Å². The molecule has 16 heavy (non-hydrogen) atoms. The summed E-state index contributed by atoms with van der Waals surface area (Å²) in [7, 11) is 1.65. The maximum atomic E-state index is 8.80. The molecule has 2 rings (SSSR count). The molecule has 0 aliphatic rings. The summed E-state index contributed by atoms with van der Waals surface area (Å²) in [4.78, 5) is 7.61. The highest BCUT2D eigenvalue weighted by atomic mass is 16.5. The molecule has 4 heteroatoms. The smallest absolute Gasteiger partial charge is 0.139 e. The average molecular weight is 215 g/mol. The second kappa shape index (κ2) is 3.62. The fourth-order valence-electron chi connectivity index (χ4n) is 1.46. The second-order valence-corrected chi connectivity index (χ2v) is 4.14. The Balaban J connectivity index is 2.57. The Morgan fingerprint density at radius 3 is 2.81 bits per heavy atom. The number of hydrogen-bond acceptors (Lipinski definition) is 3. The molecule has 0 aliphatic heterocycles. The molecule has 0 spiro atoms. The van der Waals surface area contributed by atoms with Crippen molar-refractivity contribution in [1.29, 1.82) is 5.26 Å². The molecule has 1 aromatic heterocycles. The summed E-state index contributed by atoms with van der Waals surface area (Å²) in [5.74, 6) is 0.764. The molecule has 0 aliphatic carbocycles. The van der Waals surface area contributed by atoms with Crippen LogP contribution in [0.2, 0.25) is 0 Å². The van der Waals surface area contributed by atoms with E-state index >= 15 is 0 Å². The van der Waals surface area contributed by atoms with Gasteiger partial charge < -0.3 is 9.72 Å². The molecule has 1 heterocycles. The van der Waals surface area contributed by atoms with Gasteiger partial charge in [0.15, 0.2) is 0 Å². The highest BCUT2D eigenvalue weighted by molar-refractivity contribution is 5.76. The number of ether oxygens (including phenoxy) is 1. The van der Waals surface area contributed by atoms with E-state index in [2.05, 4.69) is 16.0 Å². The van der Waals surface area contributed by atoms with Crippen LogP contribution in [-0.4, -0.2) is 17.1 Å². The van der Waals surface area contributed by atoms with Crippen LogP contribution in [0.1, 0.15) is 25.2 Å². The lowest BCUT2D eigenvalue weighted by Gasteiger charge is -2.19. The van der Waals surface area contributed by atoms with Gasteiger partial charge in [-0.25, -0.2) is 4.98 Å². The van der Waals surface area contributed by atoms with Crippen molar-refractivity contribution >= 4 is 11.0 Å². The first kappa shape index (κ1) is 10.7. The Kier molecular flexibility index (Phi) is 2.41. The van der Waals surface area contributed by atoms with Crippen LogP contribution >= 0.6 is 0 Å². The summed E-state index contributed by atoms with van der Waals surface area (Å²) >= 11 is 0. The molecular formula is C12H13N3O. The minimum atomic E-state index is -0.453. The number of benzene rings is 1. The number of aromatic nitrogens is 2. The molecular weight excluding hydrogens is 202 g/mol. The first-order valence-electron chi connectivity index (χ1n) is 5.02. The van der Waals surface area contributed by atoms with Crippen LogP contribution in [0.4, 0.5) is 0 Å². The molecule has 1 N–H and O–H groups in total. The number of fused-ring (bicyclic) bond motifs is 1. The van der Waals surface area contributed by atoms with E-state index in [0.29, 0.717) is 5.56 Å². The fraction of sp³-hybridized carbons (Fsp3) is 0.333. The Hall–Kier alpha value is -1.86. The molecule has 1 aromatic carbocycles. The third kappa shape index (κ3) is 1.66. The van der Waals surface area contributed by atoms with E-state index in [9.17, 15) is 0 Å². The van der Waals surface area contributed by atoms with Crippen molar-refractivity contribution < 1.29 is 4.74 Å². The lowest BCUT2D eigenvalue weighted by molar-refractivity contribution is 0.0124. The standard InChI is InChI=1S/C12H13N3O/c1-12(2,16-3)11-14-9-5-4-8(7-13)6-10(9)15-11/h4-6H,1-3H3,(H,14,15). The number of nitriles is 1. The zero-order valence-corrected chi connectivity index (χ0v) is 9.53. The van der Waals surface area contributed by atoms with E-state index < -0.39 is 5.60 Å². The molecule has 0 bridgehead atoms. The van der Waals surface area contributed by atoms with Gasteiger partial charge in [-0.2, -0.15) is 5.26 Å². The van der Waals surface area contributed by atoms with Gasteiger partial charge in [0, 0.05) is 7.11 Å².